The maximum absolute atomic E-state index is 13.4. The first-order chi connectivity index (χ1) is 13.3. The van der Waals surface area contributed by atoms with Crippen molar-refractivity contribution in [3.63, 3.8) is 0 Å². The molecule has 1 fully saturated rings. The summed E-state index contributed by atoms with van der Waals surface area (Å²) >= 11 is 0. The van der Waals surface area contributed by atoms with Crippen LogP contribution >= 0.6 is 0 Å². The molecule has 1 saturated heterocycles. The molecule has 0 bridgehead atoms. The highest BCUT2D eigenvalue weighted by atomic mass is 19.4. The van der Waals surface area contributed by atoms with Crippen LogP contribution in [0, 0.1) is 0 Å². The largest absolute Gasteiger partial charge is 0.416 e. The lowest BCUT2D eigenvalue weighted by Gasteiger charge is -2.41. The molecule has 1 aromatic heterocycles. The van der Waals surface area contributed by atoms with Crippen LogP contribution in [0.4, 0.5) is 23.7 Å². The molecule has 0 saturated carbocycles. The van der Waals surface area contributed by atoms with E-state index in [4.69, 9.17) is 0 Å². The van der Waals surface area contributed by atoms with Crippen LogP contribution in [-0.2, 0) is 26.3 Å². The summed E-state index contributed by atoms with van der Waals surface area (Å²) in [5.74, 6) is 0. The molecule has 1 aromatic carbocycles. The Morgan fingerprint density at radius 1 is 1.21 bits per heavy atom. The number of alkyl halides is 3. The predicted octanol–water partition coefficient (Wildman–Crippen LogP) is 3.13. The minimum atomic E-state index is -4.47. The van der Waals surface area contributed by atoms with Crippen LogP contribution in [0.1, 0.15) is 29.7 Å². The number of amides is 2. The van der Waals surface area contributed by atoms with Gasteiger partial charge in [-0.25, -0.2) is 4.79 Å². The Morgan fingerprint density at radius 3 is 2.64 bits per heavy atom. The van der Waals surface area contributed by atoms with Crippen molar-refractivity contribution in [1.82, 2.24) is 20.0 Å². The van der Waals surface area contributed by atoms with Crippen LogP contribution in [0.2, 0.25) is 0 Å². The molecule has 0 atom stereocenters. The maximum Gasteiger partial charge on any atom is 0.416 e. The molecule has 2 amide bonds. The Hall–Kier alpha value is -2.55. The van der Waals surface area contributed by atoms with Crippen LogP contribution in [0.15, 0.2) is 30.5 Å². The van der Waals surface area contributed by atoms with E-state index in [0.717, 1.165) is 32.0 Å². The Balaban J connectivity index is 1.70. The number of piperidine rings is 1. The van der Waals surface area contributed by atoms with Gasteiger partial charge in [0.1, 0.15) is 5.69 Å². The van der Waals surface area contributed by atoms with Crippen LogP contribution < -0.4 is 10.2 Å². The van der Waals surface area contributed by atoms with Crippen molar-refractivity contribution in [3.8, 4) is 0 Å². The van der Waals surface area contributed by atoms with Crippen molar-refractivity contribution in [3.05, 3.63) is 47.3 Å². The number of halogens is 3. The monoisotopic (exact) mass is 393 g/mol. The van der Waals surface area contributed by atoms with Crippen molar-refractivity contribution in [2.24, 2.45) is 7.05 Å². The fourth-order valence-electron chi connectivity index (χ4n) is 4.01. The van der Waals surface area contributed by atoms with Gasteiger partial charge in [-0.15, -0.1) is 0 Å². The predicted molar refractivity (Wildman–Crippen MR) is 97.7 cm³/mol. The molecular formula is C19H22F3N5O. The molecule has 150 valence electrons. The van der Waals surface area contributed by atoms with E-state index in [2.05, 4.69) is 10.4 Å². The van der Waals surface area contributed by atoms with Gasteiger partial charge in [-0.2, -0.15) is 18.3 Å². The van der Waals surface area contributed by atoms with Gasteiger partial charge in [0, 0.05) is 19.3 Å². The lowest BCUT2D eigenvalue weighted by Crippen LogP contribution is -2.53. The van der Waals surface area contributed by atoms with Crippen molar-refractivity contribution < 1.29 is 18.0 Å². The molecule has 3 heterocycles. The molecule has 1 N–H and O–H groups in total. The minimum Gasteiger partial charge on any atom is -0.317 e. The van der Waals surface area contributed by atoms with Crippen LogP contribution in [0.25, 0.3) is 0 Å². The lowest BCUT2D eigenvalue weighted by molar-refractivity contribution is -0.138. The summed E-state index contributed by atoms with van der Waals surface area (Å²) < 4.78 is 41.9. The van der Waals surface area contributed by atoms with Gasteiger partial charge in [0.05, 0.1) is 24.3 Å². The van der Waals surface area contributed by atoms with Crippen molar-refractivity contribution >= 4 is 11.7 Å². The molecule has 0 aliphatic carbocycles. The molecule has 2 aromatic rings. The molecule has 2 aliphatic rings. The average Bonchev–Trinajstić information content (AvgIpc) is 3.04. The zero-order valence-electron chi connectivity index (χ0n) is 15.5. The number of fused-ring (bicyclic) bond motifs is 1. The normalized spacial score (nSPS) is 18.5. The number of hydrogen-bond acceptors (Lipinski definition) is 3. The third-order valence-corrected chi connectivity index (χ3v) is 5.37. The zero-order valence-corrected chi connectivity index (χ0v) is 15.5. The summed E-state index contributed by atoms with van der Waals surface area (Å²) in [7, 11) is 1.75. The van der Waals surface area contributed by atoms with Crippen LogP contribution in [0.5, 0.6) is 0 Å². The fraction of sp³-hybridized carbons (Fsp3) is 0.474. The molecular weight excluding hydrogens is 371 g/mol. The van der Waals surface area contributed by atoms with Gasteiger partial charge < -0.3 is 10.2 Å². The Labute approximate surface area is 160 Å². The first kappa shape index (κ1) is 18.8. The summed E-state index contributed by atoms with van der Waals surface area (Å²) in [5.41, 5.74) is 0.650. The number of hydrogen-bond donors (Lipinski definition) is 1. The molecule has 9 heteroatoms. The van der Waals surface area contributed by atoms with Gasteiger partial charge in [0.2, 0.25) is 0 Å². The number of urea groups is 1. The number of nitrogens with zero attached hydrogens (tertiary/aromatic N) is 4. The second-order valence-electron chi connectivity index (χ2n) is 7.27. The van der Waals surface area contributed by atoms with Crippen molar-refractivity contribution in [2.45, 2.75) is 38.1 Å². The second-order valence-corrected chi connectivity index (χ2v) is 7.27. The van der Waals surface area contributed by atoms with Crippen molar-refractivity contribution in [2.75, 3.05) is 18.0 Å². The summed E-state index contributed by atoms with van der Waals surface area (Å²) in [6, 6.07) is 5.21. The number of benzene rings is 1. The zero-order chi connectivity index (χ0) is 19.9. The topological polar surface area (TPSA) is 53.4 Å². The molecule has 4 rings (SSSR count). The fourth-order valence-corrected chi connectivity index (χ4v) is 4.01. The summed E-state index contributed by atoms with van der Waals surface area (Å²) in [5, 5.41) is 7.71. The number of carbonyl (C=O) groups excluding carboxylic acids is 1. The SMILES string of the molecule is Cn1cc2c(n1)CN(C1CCNCC1)C(=O)N2Cc1ccccc1C(F)(F)F. The highest BCUT2D eigenvalue weighted by Gasteiger charge is 2.39. The summed E-state index contributed by atoms with van der Waals surface area (Å²) in [4.78, 5) is 16.5. The Morgan fingerprint density at radius 2 is 1.93 bits per heavy atom. The number of anilines is 1. The van der Waals surface area contributed by atoms with E-state index in [1.165, 1.54) is 17.0 Å². The molecule has 6 nitrogen and oxygen atoms in total. The van der Waals surface area contributed by atoms with E-state index in [0.29, 0.717) is 17.9 Å². The van der Waals surface area contributed by atoms with Crippen LogP contribution in [-0.4, -0.2) is 39.8 Å². The molecule has 0 unspecified atom stereocenters. The van der Waals surface area contributed by atoms with E-state index in [1.54, 1.807) is 28.9 Å². The van der Waals surface area contributed by atoms with Crippen LogP contribution in [0.3, 0.4) is 0 Å². The summed E-state index contributed by atoms with van der Waals surface area (Å²) in [6.07, 6.45) is -1.13. The van der Waals surface area contributed by atoms with Gasteiger partial charge in [-0.3, -0.25) is 9.58 Å². The standard InChI is InChI=1S/C19H22F3N5O/c1-25-12-17-16(24-25)11-26(14-6-8-23-9-7-14)18(28)27(17)10-13-4-2-3-5-15(13)19(20,21)22/h2-5,12,14,23H,6-11H2,1H3. The van der Waals surface area contributed by atoms with E-state index in [1.807, 2.05) is 0 Å². The third-order valence-electron chi connectivity index (χ3n) is 5.37. The van der Waals surface area contributed by atoms with Gasteiger partial charge in [0.15, 0.2) is 0 Å². The van der Waals surface area contributed by atoms with E-state index in [-0.39, 0.29) is 24.2 Å². The number of carbonyl (C=O) groups is 1. The first-order valence-corrected chi connectivity index (χ1v) is 9.31. The average molecular weight is 393 g/mol. The van der Waals surface area contributed by atoms with E-state index < -0.39 is 11.7 Å². The Bertz CT molecular complexity index is 873. The quantitative estimate of drug-likeness (QED) is 0.872. The smallest absolute Gasteiger partial charge is 0.317 e. The van der Waals surface area contributed by atoms with Gasteiger partial charge in [-0.05, 0) is 37.6 Å². The highest BCUT2D eigenvalue weighted by molar-refractivity contribution is 5.94. The molecule has 0 radical (unpaired) electrons. The van der Waals surface area contributed by atoms with E-state index >= 15 is 0 Å². The lowest BCUT2D eigenvalue weighted by atomic mass is 10.0. The maximum atomic E-state index is 13.4. The van der Waals surface area contributed by atoms with Gasteiger partial charge in [-0.1, -0.05) is 18.2 Å². The number of aryl methyl sites for hydroxylation is 1. The Kier molecular flexibility index (Phi) is 4.78. The first-order valence-electron chi connectivity index (χ1n) is 9.31. The second kappa shape index (κ2) is 7.12. The summed E-state index contributed by atoms with van der Waals surface area (Å²) in [6.45, 7) is 1.88. The van der Waals surface area contributed by atoms with Gasteiger partial charge >= 0.3 is 12.2 Å². The van der Waals surface area contributed by atoms with E-state index in [9.17, 15) is 18.0 Å². The third kappa shape index (κ3) is 3.46. The number of nitrogens with one attached hydrogen (secondary N) is 1. The number of aromatic nitrogens is 2. The van der Waals surface area contributed by atoms with Gasteiger partial charge in [0.25, 0.3) is 0 Å². The molecule has 2 aliphatic heterocycles. The molecule has 28 heavy (non-hydrogen) atoms. The molecule has 0 spiro atoms. The van der Waals surface area contributed by atoms with Crippen molar-refractivity contribution in [1.29, 1.82) is 0 Å². The highest BCUT2D eigenvalue weighted by Crippen LogP contribution is 2.36. The number of rotatable bonds is 3. The minimum absolute atomic E-state index is 0.0595.